The summed E-state index contributed by atoms with van der Waals surface area (Å²) in [5.41, 5.74) is 0.956. The fourth-order valence-electron chi connectivity index (χ4n) is 2.61. The molecule has 1 fully saturated rings. The number of aromatic nitrogens is 2. The summed E-state index contributed by atoms with van der Waals surface area (Å²) >= 11 is 0. The molecule has 3 rings (SSSR count). The predicted molar refractivity (Wildman–Crippen MR) is 106 cm³/mol. The number of sulfonamides is 1. The number of benzene rings is 1. The van der Waals surface area contributed by atoms with Gasteiger partial charge in [-0.3, -0.25) is 0 Å². The van der Waals surface area contributed by atoms with Gasteiger partial charge in [-0.2, -0.15) is 10.2 Å². The van der Waals surface area contributed by atoms with Crippen molar-refractivity contribution >= 4 is 27.5 Å². The monoisotopic (exact) mass is 418 g/mol. The molecule has 3 N–H and O–H groups in total. The maximum Gasteiger partial charge on any atom is 0.240 e. The zero-order valence-electron chi connectivity index (χ0n) is 15.9. The van der Waals surface area contributed by atoms with Crippen LogP contribution in [0.3, 0.4) is 0 Å². The van der Waals surface area contributed by atoms with Crippen LogP contribution in [-0.4, -0.2) is 57.4 Å². The summed E-state index contributed by atoms with van der Waals surface area (Å²) in [6, 6.07) is 8.22. The van der Waals surface area contributed by atoms with Gasteiger partial charge >= 0.3 is 0 Å². The Hall–Kier alpha value is -2.78. The van der Waals surface area contributed by atoms with E-state index in [1.165, 1.54) is 18.3 Å². The first kappa shape index (κ1) is 20.9. The van der Waals surface area contributed by atoms with Gasteiger partial charge in [0.05, 0.1) is 37.0 Å². The maximum atomic E-state index is 12.4. The van der Waals surface area contributed by atoms with Crippen LogP contribution in [0.15, 0.2) is 35.4 Å². The van der Waals surface area contributed by atoms with E-state index in [0.29, 0.717) is 49.4 Å². The first-order chi connectivity index (χ1) is 14.0. The van der Waals surface area contributed by atoms with Crippen LogP contribution < -0.4 is 15.4 Å². The molecule has 1 aliphatic rings. The van der Waals surface area contributed by atoms with E-state index in [-0.39, 0.29) is 17.5 Å². The van der Waals surface area contributed by atoms with Crippen molar-refractivity contribution in [2.75, 3.05) is 43.5 Å². The van der Waals surface area contributed by atoms with Gasteiger partial charge in [-0.05, 0) is 31.2 Å². The van der Waals surface area contributed by atoms with Crippen molar-refractivity contribution in [3.8, 4) is 6.07 Å². The molecule has 0 radical (unpaired) electrons. The van der Waals surface area contributed by atoms with Crippen molar-refractivity contribution < 1.29 is 17.9 Å². The molecule has 154 valence electrons. The Labute approximate surface area is 169 Å². The molecule has 1 unspecified atom stereocenters. The second kappa shape index (κ2) is 9.62. The Morgan fingerprint density at radius 3 is 2.72 bits per heavy atom. The molecule has 1 saturated heterocycles. The number of hydrogen-bond acceptors (Lipinski definition) is 9. The molecule has 0 spiro atoms. The number of anilines is 3. The van der Waals surface area contributed by atoms with E-state index in [9.17, 15) is 8.42 Å². The summed E-state index contributed by atoms with van der Waals surface area (Å²) in [5.74, 6) is 0.730. The zero-order valence-corrected chi connectivity index (χ0v) is 16.7. The number of hydrogen-bond donors (Lipinski definition) is 3. The van der Waals surface area contributed by atoms with Gasteiger partial charge in [-0.1, -0.05) is 0 Å². The van der Waals surface area contributed by atoms with Crippen LogP contribution in [0, 0.1) is 11.3 Å². The van der Waals surface area contributed by atoms with Crippen molar-refractivity contribution in [2.24, 2.45) is 0 Å². The Morgan fingerprint density at radius 2 is 2.07 bits per heavy atom. The molecule has 0 aliphatic carbocycles. The molecule has 2 heterocycles. The highest BCUT2D eigenvalue weighted by atomic mass is 32.2. The standard InChI is InChI=1S/C18H22N6O4S/c1-2-20-17-13(9-19)10-21-18(24-17)23-14-3-5-16(6-4-14)29(25,26)22-11-15-12-27-7-8-28-15/h3-6,10,15,22H,2,7-8,11-12H2,1H3,(H2,20,21,23,24). The highest BCUT2D eigenvalue weighted by Crippen LogP contribution is 2.19. The van der Waals surface area contributed by atoms with Crippen molar-refractivity contribution in [3.05, 3.63) is 36.0 Å². The minimum absolute atomic E-state index is 0.133. The molecule has 1 atom stereocenters. The van der Waals surface area contributed by atoms with Gasteiger partial charge in [0.15, 0.2) is 0 Å². The predicted octanol–water partition coefficient (Wildman–Crippen LogP) is 1.22. The Bertz CT molecular complexity index is 969. The topological polar surface area (TPSA) is 138 Å². The van der Waals surface area contributed by atoms with Gasteiger partial charge < -0.3 is 20.1 Å². The first-order valence-corrected chi connectivity index (χ1v) is 10.6. The van der Waals surface area contributed by atoms with Crippen LogP contribution in [-0.2, 0) is 19.5 Å². The smallest absolute Gasteiger partial charge is 0.240 e. The number of nitriles is 1. The fourth-order valence-corrected chi connectivity index (χ4v) is 3.68. The lowest BCUT2D eigenvalue weighted by Gasteiger charge is -2.23. The average Bonchev–Trinajstić information content (AvgIpc) is 2.74. The molecule has 2 aromatic rings. The molecule has 1 aliphatic heterocycles. The molecule has 1 aromatic heterocycles. The van der Waals surface area contributed by atoms with Crippen molar-refractivity contribution in [3.63, 3.8) is 0 Å². The van der Waals surface area contributed by atoms with Gasteiger partial charge in [0.2, 0.25) is 16.0 Å². The number of rotatable bonds is 8. The third-order valence-corrected chi connectivity index (χ3v) is 5.50. The van der Waals surface area contributed by atoms with Crippen LogP contribution in [0.5, 0.6) is 0 Å². The minimum atomic E-state index is -3.66. The van der Waals surface area contributed by atoms with Crippen LogP contribution in [0.2, 0.25) is 0 Å². The lowest BCUT2D eigenvalue weighted by atomic mass is 10.3. The minimum Gasteiger partial charge on any atom is -0.376 e. The molecule has 29 heavy (non-hydrogen) atoms. The number of nitrogens with one attached hydrogen (secondary N) is 3. The lowest BCUT2D eigenvalue weighted by Crippen LogP contribution is -2.39. The van der Waals surface area contributed by atoms with E-state index in [2.05, 4.69) is 25.3 Å². The molecule has 1 aromatic carbocycles. The normalized spacial score (nSPS) is 16.8. The van der Waals surface area contributed by atoms with Gasteiger partial charge in [-0.25, -0.2) is 18.1 Å². The van der Waals surface area contributed by atoms with Crippen LogP contribution >= 0.6 is 0 Å². The molecule has 0 saturated carbocycles. The molecule has 10 nitrogen and oxygen atoms in total. The van der Waals surface area contributed by atoms with E-state index < -0.39 is 10.0 Å². The Kier molecular flexibility index (Phi) is 6.95. The fraction of sp³-hybridized carbons (Fsp3) is 0.389. The lowest BCUT2D eigenvalue weighted by molar-refractivity contribution is -0.0846. The molecule has 0 bridgehead atoms. The quantitative estimate of drug-likeness (QED) is 0.577. The summed E-state index contributed by atoms with van der Waals surface area (Å²) in [7, 11) is -3.66. The van der Waals surface area contributed by atoms with Gasteiger partial charge in [-0.15, -0.1) is 0 Å². The molecular formula is C18H22N6O4S. The Balaban J connectivity index is 1.65. The van der Waals surface area contributed by atoms with Crippen LogP contribution in [0.4, 0.5) is 17.5 Å². The highest BCUT2D eigenvalue weighted by Gasteiger charge is 2.19. The molecular weight excluding hydrogens is 396 g/mol. The Morgan fingerprint density at radius 1 is 1.28 bits per heavy atom. The van der Waals surface area contributed by atoms with Gasteiger partial charge in [0.25, 0.3) is 0 Å². The van der Waals surface area contributed by atoms with E-state index in [1.807, 2.05) is 13.0 Å². The largest absolute Gasteiger partial charge is 0.376 e. The van der Waals surface area contributed by atoms with Gasteiger partial charge in [0, 0.05) is 18.8 Å². The summed E-state index contributed by atoms with van der Waals surface area (Å²) in [6.45, 7) is 4.01. The third-order valence-electron chi connectivity index (χ3n) is 4.06. The molecule has 11 heteroatoms. The third kappa shape index (κ3) is 5.61. The summed E-state index contributed by atoms with van der Waals surface area (Å²) < 4.78 is 38.1. The van der Waals surface area contributed by atoms with E-state index in [1.54, 1.807) is 12.1 Å². The highest BCUT2D eigenvalue weighted by molar-refractivity contribution is 7.89. The molecule has 0 amide bonds. The van der Waals surface area contributed by atoms with Crippen molar-refractivity contribution in [1.29, 1.82) is 5.26 Å². The summed E-state index contributed by atoms with van der Waals surface area (Å²) in [4.78, 5) is 8.50. The van der Waals surface area contributed by atoms with Gasteiger partial charge in [0.1, 0.15) is 17.5 Å². The van der Waals surface area contributed by atoms with Crippen LogP contribution in [0.25, 0.3) is 0 Å². The average molecular weight is 418 g/mol. The maximum absolute atomic E-state index is 12.4. The zero-order chi connectivity index (χ0) is 20.7. The summed E-state index contributed by atoms with van der Waals surface area (Å²) in [6.07, 6.45) is 1.13. The second-order valence-electron chi connectivity index (χ2n) is 6.17. The van der Waals surface area contributed by atoms with Crippen molar-refractivity contribution in [2.45, 2.75) is 17.9 Å². The van der Waals surface area contributed by atoms with Crippen molar-refractivity contribution in [1.82, 2.24) is 14.7 Å². The van der Waals surface area contributed by atoms with Crippen LogP contribution in [0.1, 0.15) is 12.5 Å². The summed E-state index contributed by atoms with van der Waals surface area (Å²) in [5, 5.41) is 15.1. The first-order valence-electron chi connectivity index (χ1n) is 9.09. The van der Waals surface area contributed by atoms with E-state index >= 15 is 0 Å². The van der Waals surface area contributed by atoms with E-state index in [0.717, 1.165) is 0 Å². The van der Waals surface area contributed by atoms with E-state index in [4.69, 9.17) is 14.7 Å². The SMILES string of the molecule is CCNc1nc(Nc2ccc(S(=O)(=O)NCC3COCCO3)cc2)ncc1C#N. The number of nitrogens with zero attached hydrogens (tertiary/aromatic N) is 3. The second-order valence-corrected chi connectivity index (χ2v) is 7.93. The number of ether oxygens (including phenoxy) is 2.